The molecule has 0 atom stereocenters. The van der Waals surface area contributed by atoms with E-state index in [-0.39, 0.29) is 0 Å². The number of aromatic nitrogens is 2. The Kier molecular flexibility index (Phi) is 4.61. The molecule has 1 aromatic carbocycles. The summed E-state index contributed by atoms with van der Waals surface area (Å²) in [4.78, 5) is 0. The second-order valence-electron chi connectivity index (χ2n) is 4.74. The summed E-state index contributed by atoms with van der Waals surface area (Å²) in [7, 11) is 3.92. The third-order valence-electron chi connectivity index (χ3n) is 3.12. The van der Waals surface area contributed by atoms with Crippen LogP contribution in [0.3, 0.4) is 0 Å². The van der Waals surface area contributed by atoms with Crippen molar-refractivity contribution in [3.8, 4) is 11.1 Å². The zero-order valence-electron chi connectivity index (χ0n) is 11.7. The molecule has 0 saturated heterocycles. The highest BCUT2D eigenvalue weighted by molar-refractivity contribution is 6.30. The first-order chi connectivity index (χ1) is 9.15. The second-order valence-corrected chi connectivity index (χ2v) is 5.18. The standard InChI is InChI=1S/C15H20ClN3/c1-4-5-15-14(10-19(3)18-15)13-8-12(16)7-6-11(13)9-17-2/h6-8,10,17H,4-5,9H2,1-3H3. The van der Waals surface area contributed by atoms with E-state index in [9.17, 15) is 0 Å². The van der Waals surface area contributed by atoms with E-state index in [1.54, 1.807) is 0 Å². The zero-order chi connectivity index (χ0) is 13.8. The van der Waals surface area contributed by atoms with Gasteiger partial charge < -0.3 is 5.32 Å². The minimum Gasteiger partial charge on any atom is -0.316 e. The largest absolute Gasteiger partial charge is 0.316 e. The van der Waals surface area contributed by atoms with Crippen molar-refractivity contribution >= 4 is 11.6 Å². The summed E-state index contributed by atoms with van der Waals surface area (Å²) >= 11 is 6.16. The van der Waals surface area contributed by atoms with Crippen LogP contribution in [-0.4, -0.2) is 16.8 Å². The summed E-state index contributed by atoms with van der Waals surface area (Å²) in [6, 6.07) is 6.05. The molecule has 0 spiro atoms. The number of aryl methyl sites for hydroxylation is 2. The lowest BCUT2D eigenvalue weighted by Crippen LogP contribution is -2.06. The van der Waals surface area contributed by atoms with Gasteiger partial charge in [-0.15, -0.1) is 0 Å². The summed E-state index contributed by atoms with van der Waals surface area (Å²) < 4.78 is 1.88. The fourth-order valence-corrected chi connectivity index (χ4v) is 2.50. The van der Waals surface area contributed by atoms with E-state index in [2.05, 4.69) is 29.6 Å². The summed E-state index contributed by atoms with van der Waals surface area (Å²) in [5.41, 5.74) is 4.76. The minimum absolute atomic E-state index is 0.765. The van der Waals surface area contributed by atoms with Gasteiger partial charge in [0.25, 0.3) is 0 Å². The molecule has 0 aliphatic rings. The average Bonchev–Trinajstić information content (AvgIpc) is 2.73. The van der Waals surface area contributed by atoms with E-state index in [0.29, 0.717) is 0 Å². The molecule has 0 saturated carbocycles. The van der Waals surface area contributed by atoms with Gasteiger partial charge in [0.2, 0.25) is 0 Å². The van der Waals surface area contributed by atoms with Gasteiger partial charge in [0.15, 0.2) is 0 Å². The maximum Gasteiger partial charge on any atom is 0.0702 e. The summed E-state index contributed by atoms with van der Waals surface area (Å²) in [5, 5.41) is 8.53. The van der Waals surface area contributed by atoms with Crippen LogP contribution in [-0.2, 0) is 20.0 Å². The topological polar surface area (TPSA) is 29.9 Å². The molecule has 102 valence electrons. The first-order valence-electron chi connectivity index (χ1n) is 6.61. The zero-order valence-corrected chi connectivity index (χ0v) is 12.5. The number of nitrogens with one attached hydrogen (secondary N) is 1. The fourth-order valence-electron chi connectivity index (χ4n) is 2.32. The molecule has 0 bridgehead atoms. The third kappa shape index (κ3) is 3.17. The number of hydrogen-bond donors (Lipinski definition) is 1. The van der Waals surface area contributed by atoms with E-state index in [1.807, 2.05) is 30.9 Å². The maximum absolute atomic E-state index is 6.16. The number of rotatable bonds is 5. The fraction of sp³-hybridized carbons (Fsp3) is 0.400. The van der Waals surface area contributed by atoms with Crippen molar-refractivity contribution in [1.82, 2.24) is 15.1 Å². The van der Waals surface area contributed by atoms with Crippen LogP contribution in [0.1, 0.15) is 24.6 Å². The van der Waals surface area contributed by atoms with E-state index in [1.165, 1.54) is 16.7 Å². The number of nitrogens with zero attached hydrogens (tertiary/aromatic N) is 2. The molecule has 1 aromatic heterocycles. The van der Waals surface area contributed by atoms with Crippen LogP contribution >= 0.6 is 11.6 Å². The lowest BCUT2D eigenvalue weighted by atomic mass is 9.98. The van der Waals surface area contributed by atoms with Gasteiger partial charge in [0.1, 0.15) is 0 Å². The summed E-state index contributed by atoms with van der Waals surface area (Å²) in [6.45, 7) is 3.00. The quantitative estimate of drug-likeness (QED) is 0.908. The molecule has 0 radical (unpaired) electrons. The van der Waals surface area contributed by atoms with Gasteiger partial charge in [-0.25, -0.2) is 0 Å². The highest BCUT2D eigenvalue weighted by atomic mass is 35.5. The average molecular weight is 278 g/mol. The lowest BCUT2D eigenvalue weighted by Gasteiger charge is -2.10. The SMILES string of the molecule is CCCc1nn(C)cc1-c1cc(Cl)ccc1CNC. The van der Waals surface area contributed by atoms with Crippen molar-refractivity contribution in [1.29, 1.82) is 0 Å². The lowest BCUT2D eigenvalue weighted by molar-refractivity contribution is 0.733. The van der Waals surface area contributed by atoms with Crippen molar-refractivity contribution < 1.29 is 0 Å². The molecular formula is C15H20ClN3. The molecule has 1 heterocycles. The Labute approximate surface area is 119 Å². The molecule has 0 aliphatic heterocycles. The van der Waals surface area contributed by atoms with Gasteiger partial charge in [0, 0.05) is 30.4 Å². The van der Waals surface area contributed by atoms with Gasteiger partial charge in [-0.3, -0.25) is 4.68 Å². The first-order valence-corrected chi connectivity index (χ1v) is 6.99. The van der Waals surface area contributed by atoms with Crippen molar-refractivity contribution in [3.63, 3.8) is 0 Å². The van der Waals surface area contributed by atoms with E-state index < -0.39 is 0 Å². The Morgan fingerprint density at radius 2 is 2.11 bits per heavy atom. The molecule has 3 nitrogen and oxygen atoms in total. The highest BCUT2D eigenvalue weighted by Crippen LogP contribution is 2.30. The predicted molar refractivity (Wildman–Crippen MR) is 80.4 cm³/mol. The van der Waals surface area contributed by atoms with E-state index in [4.69, 9.17) is 11.6 Å². The molecule has 2 rings (SSSR count). The summed E-state index contributed by atoms with van der Waals surface area (Å²) in [5.74, 6) is 0. The number of hydrogen-bond acceptors (Lipinski definition) is 2. The maximum atomic E-state index is 6.16. The van der Waals surface area contributed by atoms with Crippen molar-refractivity contribution in [2.45, 2.75) is 26.3 Å². The van der Waals surface area contributed by atoms with Gasteiger partial charge in [0.05, 0.1) is 5.69 Å². The second kappa shape index (κ2) is 6.22. The number of halogens is 1. The Morgan fingerprint density at radius 3 is 2.79 bits per heavy atom. The molecule has 4 heteroatoms. The molecule has 0 unspecified atom stereocenters. The normalized spacial score (nSPS) is 10.9. The molecule has 0 amide bonds. The van der Waals surface area contributed by atoms with Crippen LogP contribution in [0.15, 0.2) is 24.4 Å². The number of benzene rings is 1. The first kappa shape index (κ1) is 14.1. The van der Waals surface area contributed by atoms with E-state index >= 15 is 0 Å². The van der Waals surface area contributed by atoms with Gasteiger partial charge in [-0.2, -0.15) is 5.10 Å². The Morgan fingerprint density at radius 1 is 1.32 bits per heavy atom. The smallest absolute Gasteiger partial charge is 0.0702 e. The van der Waals surface area contributed by atoms with Crippen molar-refractivity contribution in [2.24, 2.45) is 7.05 Å². The van der Waals surface area contributed by atoms with Crippen LogP contribution in [0.4, 0.5) is 0 Å². The Bertz CT molecular complexity index is 561. The monoisotopic (exact) mass is 277 g/mol. The highest BCUT2D eigenvalue weighted by Gasteiger charge is 2.13. The van der Waals surface area contributed by atoms with Crippen LogP contribution in [0.2, 0.25) is 5.02 Å². The molecule has 0 aliphatic carbocycles. The Hall–Kier alpha value is -1.32. The van der Waals surface area contributed by atoms with Crippen molar-refractivity contribution in [3.05, 3.63) is 40.7 Å². The van der Waals surface area contributed by atoms with Gasteiger partial charge in [-0.1, -0.05) is 31.0 Å². The molecule has 19 heavy (non-hydrogen) atoms. The van der Waals surface area contributed by atoms with Crippen LogP contribution in [0.25, 0.3) is 11.1 Å². The minimum atomic E-state index is 0.765. The van der Waals surface area contributed by atoms with Crippen LogP contribution in [0.5, 0.6) is 0 Å². The summed E-state index contributed by atoms with van der Waals surface area (Å²) in [6.07, 6.45) is 4.16. The van der Waals surface area contributed by atoms with E-state index in [0.717, 1.165) is 30.1 Å². The Balaban J connectivity index is 2.53. The van der Waals surface area contributed by atoms with Gasteiger partial charge in [-0.05, 0) is 36.7 Å². The molecule has 2 aromatic rings. The van der Waals surface area contributed by atoms with Crippen LogP contribution in [0, 0.1) is 0 Å². The molecule has 0 fully saturated rings. The van der Waals surface area contributed by atoms with Gasteiger partial charge >= 0.3 is 0 Å². The van der Waals surface area contributed by atoms with Crippen LogP contribution < -0.4 is 5.32 Å². The predicted octanol–water partition coefficient (Wildman–Crippen LogP) is 3.41. The van der Waals surface area contributed by atoms with Crippen molar-refractivity contribution in [2.75, 3.05) is 7.05 Å². The molecular weight excluding hydrogens is 258 g/mol. The molecule has 1 N–H and O–H groups in total. The third-order valence-corrected chi connectivity index (χ3v) is 3.36.